The number of hydrogen-bond donors (Lipinski definition) is 0. The Labute approximate surface area is 305 Å². The zero-order valence-electron chi connectivity index (χ0n) is 31.3. The van der Waals surface area contributed by atoms with E-state index < -0.39 is 89.3 Å². The normalized spacial score (nSPS) is 21.2. The van der Waals surface area contributed by atoms with Crippen molar-refractivity contribution in [3.8, 4) is 5.75 Å². The molecule has 1 aliphatic rings. The van der Waals surface area contributed by atoms with E-state index in [1.807, 2.05) is 20.8 Å². The van der Waals surface area contributed by atoms with Crippen LogP contribution in [0.15, 0.2) is 57.2 Å². The number of esters is 2. The highest BCUT2D eigenvalue weighted by molar-refractivity contribution is 7.36. The van der Waals surface area contributed by atoms with E-state index in [4.69, 9.17) is 28.0 Å². The smallest absolute Gasteiger partial charge is 0.462 e. The number of halogens is 1. The number of aromatic nitrogens is 2. The molecule has 0 bridgehead atoms. The van der Waals surface area contributed by atoms with Gasteiger partial charge in [-0.1, -0.05) is 39.0 Å². The first kappa shape index (κ1) is 42.8. The maximum absolute atomic E-state index is 17.3. The van der Waals surface area contributed by atoms with Gasteiger partial charge in [-0.25, -0.2) is 23.1 Å². The molecule has 6 atom stereocenters. The number of carbonyl (C=O) groups excluding carboxylic acids is 2. The van der Waals surface area contributed by atoms with Crippen LogP contribution in [0.1, 0.15) is 68.5 Å². The summed E-state index contributed by atoms with van der Waals surface area (Å²) in [4.78, 5) is 62.3. The molecule has 52 heavy (non-hydrogen) atoms. The number of carbonyl (C=O) groups is 2. The molecule has 15 nitrogen and oxygen atoms in total. The molecule has 288 valence electrons. The molecule has 1 aromatic heterocycles. The first-order valence-corrected chi connectivity index (χ1v) is 21.0. The number of para-hydroxylation sites is 1. The van der Waals surface area contributed by atoms with Crippen LogP contribution in [0.3, 0.4) is 0 Å². The first-order valence-electron chi connectivity index (χ1n) is 17.3. The van der Waals surface area contributed by atoms with Gasteiger partial charge in [0, 0.05) is 22.5 Å². The highest BCUT2D eigenvalue weighted by Crippen LogP contribution is 2.45. The lowest BCUT2D eigenvalue weighted by Gasteiger charge is -2.37. The third-order valence-corrected chi connectivity index (χ3v) is 14.5. The SMILES string of the molecule is CC[Si](CC)(CC)O[C@@H]1[C@@H](CON([C@@H](C)C(=O)OC(C)C)[P+](=O)Oc2ccccc2)O[C@@H](n2ccc(=O)n(COC(=O)CN=C(C)C)c2=O)[C@]1(C)F. The fourth-order valence-electron chi connectivity index (χ4n) is 5.52. The van der Waals surface area contributed by atoms with Crippen LogP contribution in [0.25, 0.3) is 0 Å². The molecule has 1 aromatic carbocycles. The largest absolute Gasteiger partial charge is 0.693 e. The van der Waals surface area contributed by atoms with Gasteiger partial charge in [0.15, 0.2) is 38.7 Å². The van der Waals surface area contributed by atoms with Gasteiger partial charge in [-0.15, -0.1) is 0 Å². The van der Waals surface area contributed by atoms with Crippen molar-refractivity contribution in [3.63, 3.8) is 0 Å². The molecule has 0 aliphatic carbocycles. The van der Waals surface area contributed by atoms with Gasteiger partial charge in [0.1, 0.15) is 25.4 Å². The molecule has 0 N–H and O–H groups in total. The summed E-state index contributed by atoms with van der Waals surface area (Å²) < 4.78 is 61.4. The first-order chi connectivity index (χ1) is 24.5. The molecule has 2 heterocycles. The number of nitrogens with zero attached hydrogens (tertiary/aromatic N) is 4. The van der Waals surface area contributed by atoms with E-state index in [9.17, 15) is 23.7 Å². The minimum Gasteiger partial charge on any atom is -0.462 e. The van der Waals surface area contributed by atoms with Crippen LogP contribution in [-0.2, 0) is 44.4 Å². The second-order valence-electron chi connectivity index (χ2n) is 13.0. The minimum absolute atomic E-state index is 0.245. The third-order valence-electron chi connectivity index (χ3n) is 8.70. The van der Waals surface area contributed by atoms with E-state index >= 15 is 4.39 Å². The van der Waals surface area contributed by atoms with Crippen molar-refractivity contribution in [1.82, 2.24) is 14.0 Å². The molecule has 1 saturated heterocycles. The fourth-order valence-corrected chi connectivity index (χ4v) is 9.36. The Kier molecular flexibility index (Phi) is 15.6. The van der Waals surface area contributed by atoms with Gasteiger partial charge >= 0.3 is 25.8 Å². The summed E-state index contributed by atoms with van der Waals surface area (Å²) in [5, 5.41) is 0. The minimum atomic E-state index is -2.86. The summed E-state index contributed by atoms with van der Waals surface area (Å²) in [6, 6.07) is 10.0. The molecule has 0 radical (unpaired) electrons. The highest BCUT2D eigenvalue weighted by atomic mass is 31.1. The van der Waals surface area contributed by atoms with E-state index in [1.54, 1.807) is 58.0 Å². The summed E-state index contributed by atoms with van der Waals surface area (Å²) in [7, 11) is -5.42. The van der Waals surface area contributed by atoms with Crippen molar-refractivity contribution in [2.24, 2.45) is 4.99 Å². The van der Waals surface area contributed by atoms with Gasteiger partial charge in [0.05, 0.1) is 10.9 Å². The van der Waals surface area contributed by atoms with Crippen molar-refractivity contribution in [1.29, 1.82) is 0 Å². The molecule has 0 spiro atoms. The third kappa shape index (κ3) is 10.7. The van der Waals surface area contributed by atoms with E-state index in [2.05, 4.69) is 4.99 Å². The second kappa shape index (κ2) is 18.9. The molecule has 0 amide bonds. The fraction of sp³-hybridized carbons (Fsp3) is 0.618. The summed E-state index contributed by atoms with van der Waals surface area (Å²) in [5.41, 5.74) is -3.54. The Morgan fingerprint density at radius 2 is 1.71 bits per heavy atom. The standard InChI is InChI=1S/C34H51FN4O11PSi/c1-10-52(11-2,12-3)50-30-27(21-46-39(25(8)31(42)47-24(6)7)51(44)49-26-16-14-13-15-17-26)48-32(34(30,9)35)37-19-18-28(40)38(33(37)43)22-45-29(41)20-36-23(4)5/h13-19,24-25,27,30,32H,10-12,20-22H2,1-9H3/q+1/t25-,27+,30+,32+,34+/m0/s1. The van der Waals surface area contributed by atoms with Crippen molar-refractivity contribution >= 4 is 34.1 Å². The summed E-state index contributed by atoms with van der Waals surface area (Å²) in [6.07, 6.45) is -3.55. The number of ether oxygens (including phenoxy) is 3. The lowest BCUT2D eigenvalue weighted by atomic mass is 9.98. The Bertz CT molecular complexity index is 1670. The molecule has 1 aliphatic heterocycles. The Morgan fingerprint density at radius 1 is 1.08 bits per heavy atom. The van der Waals surface area contributed by atoms with Crippen LogP contribution in [0.2, 0.25) is 18.1 Å². The van der Waals surface area contributed by atoms with E-state index in [-0.39, 0.29) is 12.3 Å². The van der Waals surface area contributed by atoms with Crippen molar-refractivity contribution in [2.75, 3.05) is 13.2 Å². The number of hydroxylamine groups is 1. The Morgan fingerprint density at radius 3 is 2.29 bits per heavy atom. The molecule has 2 aromatic rings. The van der Waals surface area contributed by atoms with Crippen molar-refractivity contribution < 1.29 is 46.5 Å². The van der Waals surface area contributed by atoms with Crippen LogP contribution in [0.4, 0.5) is 4.39 Å². The van der Waals surface area contributed by atoms with Gasteiger partial charge in [-0.3, -0.25) is 24.0 Å². The second-order valence-corrected chi connectivity index (χ2v) is 18.8. The Hall–Kier alpha value is -3.60. The van der Waals surface area contributed by atoms with Gasteiger partial charge < -0.3 is 18.6 Å². The molecule has 1 unspecified atom stereocenters. The molecular weight excluding hydrogens is 718 g/mol. The lowest BCUT2D eigenvalue weighted by molar-refractivity contribution is -0.183. The van der Waals surface area contributed by atoms with Gasteiger partial charge in [0.2, 0.25) is 0 Å². The predicted octanol–water partition coefficient (Wildman–Crippen LogP) is 5.32. The van der Waals surface area contributed by atoms with Gasteiger partial charge in [-0.05, 0) is 71.8 Å². The number of benzene rings is 1. The predicted molar refractivity (Wildman–Crippen MR) is 193 cm³/mol. The molecule has 0 saturated carbocycles. The Balaban J connectivity index is 2.01. The maximum Gasteiger partial charge on any atom is 0.693 e. The monoisotopic (exact) mass is 769 g/mol. The lowest BCUT2D eigenvalue weighted by Crippen LogP contribution is -2.52. The average molecular weight is 770 g/mol. The van der Waals surface area contributed by atoms with Gasteiger partial charge in [-0.2, -0.15) is 0 Å². The molecule has 1 fully saturated rings. The number of alkyl halides is 1. The summed E-state index contributed by atoms with van der Waals surface area (Å²) >= 11 is 0. The van der Waals surface area contributed by atoms with Crippen LogP contribution in [-0.4, -0.2) is 83.1 Å². The number of aliphatic imine (C=N–C) groups is 1. The van der Waals surface area contributed by atoms with E-state index in [0.717, 1.165) is 21.7 Å². The number of hydrogen-bond acceptors (Lipinski definition) is 12. The van der Waals surface area contributed by atoms with Crippen molar-refractivity contribution in [3.05, 3.63) is 63.4 Å². The zero-order chi connectivity index (χ0) is 38.8. The summed E-state index contributed by atoms with van der Waals surface area (Å²) in [6.45, 7) is 13.8. The van der Waals surface area contributed by atoms with Crippen LogP contribution in [0, 0.1) is 0 Å². The number of rotatable bonds is 19. The van der Waals surface area contributed by atoms with Crippen LogP contribution in [0.5, 0.6) is 5.75 Å². The topological polar surface area (TPSA) is 166 Å². The quantitative estimate of drug-likeness (QED) is 0.0595. The highest BCUT2D eigenvalue weighted by Gasteiger charge is 2.59. The molecular formula is C34H51FN4O11PSi+. The van der Waals surface area contributed by atoms with Crippen LogP contribution >= 0.6 is 8.18 Å². The average Bonchev–Trinajstić information content (AvgIpc) is 3.34. The summed E-state index contributed by atoms with van der Waals surface area (Å²) in [5.74, 6) is -1.27. The molecule has 18 heteroatoms. The van der Waals surface area contributed by atoms with E-state index in [1.165, 1.54) is 13.8 Å². The van der Waals surface area contributed by atoms with Gasteiger partial charge in [0.25, 0.3) is 5.56 Å². The van der Waals surface area contributed by atoms with E-state index in [0.29, 0.717) is 28.4 Å². The van der Waals surface area contributed by atoms with Crippen molar-refractivity contribution in [2.45, 2.75) is 123 Å². The maximum atomic E-state index is 17.3. The van der Waals surface area contributed by atoms with Crippen LogP contribution < -0.4 is 15.8 Å². The molecule has 3 rings (SSSR count). The zero-order valence-corrected chi connectivity index (χ0v) is 33.2.